The minimum Gasteiger partial charge on any atom is -0.459 e. The van der Waals surface area contributed by atoms with Gasteiger partial charge in [-0.3, -0.25) is 4.79 Å². The van der Waals surface area contributed by atoms with Crippen molar-refractivity contribution in [2.45, 2.75) is 13.5 Å². The van der Waals surface area contributed by atoms with E-state index in [1.807, 2.05) is 30.3 Å². The van der Waals surface area contributed by atoms with Crippen LogP contribution in [0.15, 0.2) is 65.1 Å². The van der Waals surface area contributed by atoms with Gasteiger partial charge in [-0.15, -0.1) is 0 Å². The topological polar surface area (TPSA) is 54.3 Å². The molecule has 0 spiro atoms. The molecule has 2 aromatic carbocycles. The highest BCUT2D eigenvalue weighted by atomic mass is 19.1. The van der Waals surface area contributed by atoms with Gasteiger partial charge >= 0.3 is 0 Å². The Bertz CT molecular complexity index is 841. The molecule has 122 valence electrons. The average molecular weight is 324 g/mol. The van der Waals surface area contributed by atoms with Crippen molar-refractivity contribution in [3.8, 4) is 11.3 Å². The lowest BCUT2D eigenvalue weighted by atomic mass is 10.1. The van der Waals surface area contributed by atoms with Gasteiger partial charge in [-0.05, 0) is 48.5 Å². The molecule has 0 saturated carbocycles. The van der Waals surface area contributed by atoms with Crippen LogP contribution in [0.5, 0.6) is 0 Å². The number of halogens is 1. The van der Waals surface area contributed by atoms with E-state index in [0.717, 1.165) is 11.4 Å². The number of amides is 1. The van der Waals surface area contributed by atoms with E-state index >= 15 is 0 Å². The zero-order valence-corrected chi connectivity index (χ0v) is 13.2. The highest BCUT2D eigenvalue weighted by molar-refractivity contribution is 5.88. The van der Waals surface area contributed by atoms with E-state index in [4.69, 9.17) is 4.42 Å². The monoisotopic (exact) mass is 324 g/mol. The summed E-state index contributed by atoms with van der Waals surface area (Å²) in [5.41, 5.74) is 2.09. The van der Waals surface area contributed by atoms with E-state index in [9.17, 15) is 9.18 Å². The van der Waals surface area contributed by atoms with Crippen LogP contribution in [-0.2, 0) is 11.3 Å². The zero-order valence-electron chi connectivity index (χ0n) is 13.2. The van der Waals surface area contributed by atoms with E-state index in [1.54, 1.807) is 24.3 Å². The number of hydrogen-bond acceptors (Lipinski definition) is 3. The second-order valence-corrected chi connectivity index (χ2v) is 5.36. The summed E-state index contributed by atoms with van der Waals surface area (Å²) in [4.78, 5) is 11.0. The van der Waals surface area contributed by atoms with Gasteiger partial charge in [-0.2, -0.15) is 0 Å². The molecule has 0 radical (unpaired) electrons. The van der Waals surface area contributed by atoms with Crippen molar-refractivity contribution in [3.63, 3.8) is 0 Å². The third-order valence-electron chi connectivity index (χ3n) is 3.47. The average Bonchev–Trinajstić information content (AvgIpc) is 3.03. The first-order valence-corrected chi connectivity index (χ1v) is 7.57. The van der Waals surface area contributed by atoms with Crippen molar-refractivity contribution >= 4 is 17.3 Å². The lowest BCUT2D eigenvalue weighted by Gasteiger charge is -2.06. The van der Waals surface area contributed by atoms with Gasteiger partial charge in [-0.25, -0.2) is 4.39 Å². The summed E-state index contributed by atoms with van der Waals surface area (Å²) in [5, 5.41) is 5.93. The third-order valence-corrected chi connectivity index (χ3v) is 3.47. The number of nitrogens with one attached hydrogen (secondary N) is 2. The van der Waals surface area contributed by atoms with Crippen LogP contribution in [0.3, 0.4) is 0 Å². The normalized spacial score (nSPS) is 10.4. The minimum absolute atomic E-state index is 0.105. The number of hydrogen-bond donors (Lipinski definition) is 2. The fraction of sp³-hybridized carbons (Fsp3) is 0.105. The zero-order chi connectivity index (χ0) is 16.9. The fourth-order valence-electron chi connectivity index (χ4n) is 2.34. The molecule has 0 aliphatic rings. The maximum absolute atomic E-state index is 13.8. The Balaban J connectivity index is 1.63. The summed E-state index contributed by atoms with van der Waals surface area (Å²) >= 11 is 0. The predicted molar refractivity (Wildman–Crippen MR) is 92.2 cm³/mol. The first kappa shape index (κ1) is 15.8. The van der Waals surface area contributed by atoms with E-state index in [1.165, 1.54) is 13.0 Å². The van der Waals surface area contributed by atoms with Gasteiger partial charge in [0.1, 0.15) is 17.3 Å². The van der Waals surface area contributed by atoms with E-state index in [2.05, 4.69) is 10.6 Å². The minimum atomic E-state index is -0.306. The Labute approximate surface area is 139 Å². The summed E-state index contributed by atoms with van der Waals surface area (Å²) in [7, 11) is 0. The maximum atomic E-state index is 13.8. The molecule has 4 nitrogen and oxygen atoms in total. The van der Waals surface area contributed by atoms with E-state index in [-0.39, 0.29) is 11.7 Å². The highest BCUT2D eigenvalue weighted by Gasteiger charge is 2.09. The van der Waals surface area contributed by atoms with Crippen LogP contribution in [0.4, 0.5) is 15.8 Å². The molecule has 1 amide bonds. The van der Waals surface area contributed by atoms with Crippen LogP contribution >= 0.6 is 0 Å². The van der Waals surface area contributed by atoms with Crippen molar-refractivity contribution in [3.05, 3.63) is 72.2 Å². The molecular formula is C19H17FN2O2. The first-order chi connectivity index (χ1) is 11.6. The summed E-state index contributed by atoms with van der Waals surface area (Å²) in [6.45, 7) is 1.95. The molecule has 0 aliphatic carbocycles. The van der Waals surface area contributed by atoms with Crippen molar-refractivity contribution < 1.29 is 13.6 Å². The first-order valence-electron chi connectivity index (χ1n) is 7.57. The van der Waals surface area contributed by atoms with Gasteiger partial charge in [0.2, 0.25) is 5.91 Å². The van der Waals surface area contributed by atoms with Crippen LogP contribution < -0.4 is 10.6 Å². The number of carbonyl (C=O) groups is 1. The maximum Gasteiger partial charge on any atom is 0.221 e. The van der Waals surface area contributed by atoms with Crippen molar-refractivity contribution in [1.82, 2.24) is 0 Å². The summed E-state index contributed by atoms with van der Waals surface area (Å²) in [5.74, 6) is 0.803. The summed E-state index contributed by atoms with van der Waals surface area (Å²) in [6.07, 6.45) is 0. The van der Waals surface area contributed by atoms with Crippen molar-refractivity contribution in [1.29, 1.82) is 0 Å². The molecule has 0 atom stereocenters. The lowest BCUT2D eigenvalue weighted by Crippen LogP contribution is -2.05. The fourth-order valence-corrected chi connectivity index (χ4v) is 2.34. The number of carbonyl (C=O) groups excluding carboxylic acids is 1. The molecule has 0 saturated heterocycles. The van der Waals surface area contributed by atoms with Gasteiger partial charge in [0.25, 0.3) is 0 Å². The van der Waals surface area contributed by atoms with Gasteiger partial charge in [0, 0.05) is 18.3 Å². The van der Waals surface area contributed by atoms with Crippen molar-refractivity contribution in [2.75, 3.05) is 10.6 Å². The Hall–Kier alpha value is -3.08. The molecule has 2 N–H and O–H groups in total. The Kier molecular flexibility index (Phi) is 4.61. The number of benzene rings is 2. The highest BCUT2D eigenvalue weighted by Crippen LogP contribution is 2.25. The summed E-state index contributed by atoms with van der Waals surface area (Å²) < 4.78 is 19.4. The van der Waals surface area contributed by atoms with Crippen molar-refractivity contribution in [2.24, 2.45) is 0 Å². The molecule has 0 bridgehead atoms. The Morgan fingerprint density at radius 2 is 1.71 bits per heavy atom. The predicted octanol–water partition coefficient (Wildman–Crippen LogP) is 4.66. The molecule has 24 heavy (non-hydrogen) atoms. The number of furan rings is 1. The molecule has 3 aromatic rings. The van der Waals surface area contributed by atoms with Crippen LogP contribution in [0.25, 0.3) is 11.3 Å². The second-order valence-electron chi connectivity index (χ2n) is 5.36. The van der Waals surface area contributed by atoms with Crippen LogP contribution in [0, 0.1) is 5.82 Å². The van der Waals surface area contributed by atoms with Gasteiger partial charge in [-0.1, -0.05) is 12.1 Å². The van der Waals surface area contributed by atoms with E-state index in [0.29, 0.717) is 23.6 Å². The molecule has 1 heterocycles. The smallest absolute Gasteiger partial charge is 0.221 e. The molecule has 0 fully saturated rings. The molecule has 5 heteroatoms. The second kappa shape index (κ2) is 7.00. The van der Waals surface area contributed by atoms with Gasteiger partial charge in [0.05, 0.1) is 12.1 Å². The molecule has 1 aromatic heterocycles. The van der Waals surface area contributed by atoms with Crippen LogP contribution in [0.2, 0.25) is 0 Å². The standard InChI is InChI=1S/C19H17FN2O2/c1-13(23)22-15-8-6-14(7-9-15)21-12-16-10-11-19(24-16)17-4-2-3-5-18(17)20/h2-11,21H,12H2,1H3,(H,22,23). The van der Waals surface area contributed by atoms with E-state index < -0.39 is 0 Å². The molecular weight excluding hydrogens is 307 g/mol. The number of rotatable bonds is 5. The number of anilines is 2. The Morgan fingerprint density at radius 3 is 2.42 bits per heavy atom. The Morgan fingerprint density at radius 1 is 1.00 bits per heavy atom. The summed E-state index contributed by atoms with van der Waals surface area (Å²) in [6, 6.07) is 17.5. The molecule has 0 aliphatic heterocycles. The molecule has 3 rings (SSSR count). The van der Waals surface area contributed by atoms with Crippen LogP contribution in [0.1, 0.15) is 12.7 Å². The largest absolute Gasteiger partial charge is 0.459 e. The third kappa shape index (κ3) is 3.81. The van der Waals surface area contributed by atoms with Gasteiger partial charge in [0.15, 0.2) is 0 Å². The lowest BCUT2D eigenvalue weighted by molar-refractivity contribution is -0.114. The van der Waals surface area contributed by atoms with Gasteiger partial charge < -0.3 is 15.1 Å². The molecule has 0 unspecified atom stereocenters. The van der Waals surface area contributed by atoms with Crippen LogP contribution in [-0.4, -0.2) is 5.91 Å². The SMILES string of the molecule is CC(=O)Nc1ccc(NCc2ccc(-c3ccccc3F)o2)cc1. The quantitative estimate of drug-likeness (QED) is 0.718.